The summed E-state index contributed by atoms with van der Waals surface area (Å²) in [6, 6.07) is 0.605. The summed E-state index contributed by atoms with van der Waals surface area (Å²) >= 11 is 0. The Balaban J connectivity index is 1.87. The normalized spacial score (nSPS) is 30.4. The van der Waals surface area contributed by atoms with Crippen LogP contribution in [0.25, 0.3) is 0 Å². The smallest absolute Gasteiger partial charge is 0.333 e. The van der Waals surface area contributed by atoms with E-state index in [0.29, 0.717) is 6.04 Å². The molecule has 106 valence electrons. The molecule has 1 atom stereocenters. The van der Waals surface area contributed by atoms with Gasteiger partial charge in [-0.15, -0.1) is 0 Å². The lowest BCUT2D eigenvalue weighted by Gasteiger charge is -2.45. The molecule has 0 N–H and O–H groups in total. The van der Waals surface area contributed by atoms with Gasteiger partial charge in [0.2, 0.25) is 0 Å². The number of piperidine rings is 1. The van der Waals surface area contributed by atoms with Gasteiger partial charge in [-0.05, 0) is 51.4 Å². The summed E-state index contributed by atoms with van der Waals surface area (Å²) in [7, 11) is 0. The Kier molecular flexibility index (Phi) is 3.55. The molecular formula is C16H25NO2. The van der Waals surface area contributed by atoms with Crippen molar-refractivity contribution in [1.82, 2.24) is 4.90 Å². The molecule has 3 heteroatoms. The van der Waals surface area contributed by atoms with E-state index in [0.717, 1.165) is 19.4 Å². The predicted molar refractivity (Wildman–Crippen MR) is 74.6 cm³/mol. The highest BCUT2D eigenvalue weighted by Crippen LogP contribution is 2.44. The van der Waals surface area contributed by atoms with Crippen LogP contribution in [-0.4, -0.2) is 29.1 Å². The molecule has 19 heavy (non-hydrogen) atoms. The van der Waals surface area contributed by atoms with Gasteiger partial charge >= 0.3 is 5.97 Å². The Hall–Kier alpha value is -0.990. The number of esters is 1. The molecule has 2 heterocycles. The van der Waals surface area contributed by atoms with Crippen molar-refractivity contribution >= 4 is 5.97 Å². The third-order valence-electron chi connectivity index (χ3n) is 5.09. The second-order valence-corrected chi connectivity index (χ2v) is 6.26. The van der Waals surface area contributed by atoms with Gasteiger partial charge in [0.1, 0.15) is 0 Å². The minimum Gasteiger partial charge on any atom is -0.449 e. The fraction of sp³-hybridized carbons (Fsp3) is 0.812. The van der Waals surface area contributed by atoms with Crippen LogP contribution in [0.15, 0.2) is 11.8 Å². The molecule has 1 aliphatic carbocycles. The summed E-state index contributed by atoms with van der Waals surface area (Å²) < 4.78 is 5.78. The second-order valence-electron chi connectivity index (χ2n) is 6.26. The van der Waals surface area contributed by atoms with Crippen LogP contribution in [0, 0.1) is 0 Å². The maximum Gasteiger partial charge on any atom is 0.333 e. The minimum absolute atomic E-state index is 0.114. The van der Waals surface area contributed by atoms with E-state index in [1.54, 1.807) is 6.08 Å². The first-order valence-electron chi connectivity index (χ1n) is 7.97. The van der Waals surface area contributed by atoms with E-state index >= 15 is 0 Å². The molecule has 2 fully saturated rings. The Morgan fingerprint density at radius 3 is 2.79 bits per heavy atom. The number of nitrogens with zero attached hydrogens (tertiary/aromatic N) is 1. The van der Waals surface area contributed by atoms with Gasteiger partial charge in [-0.1, -0.05) is 13.3 Å². The topological polar surface area (TPSA) is 29.5 Å². The summed E-state index contributed by atoms with van der Waals surface area (Å²) in [5, 5.41) is 0. The van der Waals surface area contributed by atoms with Crippen LogP contribution < -0.4 is 0 Å². The molecule has 1 unspecified atom stereocenters. The van der Waals surface area contributed by atoms with E-state index in [1.807, 2.05) is 0 Å². The van der Waals surface area contributed by atoms with Crippen molar-refractivity contribution in [2.75, 3.05) is 6.54 Å². The molecule has 1 spiro atoms. The van der Waals surface area contributed by atoms with Gasteiger partial charge in [-0.25, -0.2) is 4.79 Å². The average Bonchev–Trinajstić information content (AvgIpc) is 2.75. The lowest BCUT2D eigenvalue weighted by molar-refractivity contribution is -0.149. The number of carbonyl (C=O) groups excluding carboxylic acids is 1. The van der Waals surface area contributed by atoms with E-state index in [1.165, 1.54) is 50.6 Å². The van der Waals surface area contributed by atoms with Crippen LogP contribution in [-0.2, 0) is 9.53 Å². The molecule has 2 aliphatic heterocycles. The zero-order valence-corrected chi connectivity index (χ0v) is 12.0. The molecule has 0 amide bonds. The van der Waals surface area contributed by atoms with Crippen LogP contribution in [0.5, 0.6) is 0 Å². The van der Waals surface area contributed by atoms with Gasteiger partial charge in [-0.3, -0.25) is 0 Å². The molecule has 3 aliphatic rings. The van der Waals surface area contributed by atoms with E-state index in [9.17, 15) is 4.79 Å². The Morgan fingerprint density at radius 2 is 2.05 bits per heavy atom. The maximum absolute atomic E-state index is 11.8. The van der Waals surface area contributed by atoms with Crippen molar-refractivity contribution in [3.63, 3.8) is 0 Å². The molecule has 3 rings (SSSR count). The van der Waals surface area contributed by atoms with E-state index in [2.05, 4.69) is 11.8 Å². The quantitative estimate of drug-likeness (QED) is 0.715. The Bertz CT molecular complexity index is 382. The zero-order chi connectivity index (χ0) is 13.3. The lowest BCUT2D eigenvalue weighted by Crippen LogP contribution is -2.47. The molecule has 0 aromatic carbocycles. The summed E-state index contributed by atoms with van der Waals surface area (Å²) in [5.41, 5.74) is 0.948. The van der Waals surface area contributed by atoms with Crippen molar-refractivity contribution in [3.8, 4) is 0 Å². The molecule has 1 saturated carbocycles. The number of likely N-dealkylation sites (tertiary alicyclic amines) is 1. The molecule has 1 saturated heterocycles. The first kappa shape index (κ1) is 13.0. The molecule has 0 aromatic heterocycles. The first-order valence-corrected chi connectivity index (χ1v) is 7.97. The summed E-state index contributed by atoms with van der Waals surface area (Å²) in [4.78, 5) is 14.3. The van der Waals surface area contributed by atoms with E-state index in [-0.39, 0.29) is 11.6 Å². The van der Waals surface area contributed by atoms with Gasteiger partial charge < -0.3 is 9.64 Å². The Labute approximate surface area is 116 Å². The van der Waals surface area contributed by atoms with Gasteiger partial charge in [0.25, 0.3) is 0 Å². The van der Waals surface area contributed by atoms with Crippen molar-refractivity contribution < 1.29 is 9.53 Å². The van der Waals surface area contributed by atoms with Crippen molar-refractivity contribution in [2.45, 2.75) is 76.4 Å². The van der Waals surface area contributed by atoms with Crippen LogP contribution in [0.3, 0.4) is 0 Å². The first-order chi connectivity index (χ1) is 9.25. The standard InChI is InChI=1S/C16H25NO2/c1-2-13-8-4-7-11-17(13)14-12-15(18)19-16(14)9-5-3-6-10-16/h12-13H,2-11H2,1H3. The van der Waals surface area contributed by atoms with Gasteiger partial charge in [0.05, 0.1) is 5.70 Å². The monoisotopic (exact) mass is 263 g/mol. The van der Waals surface area contributed by atoms with Gasteiger partial charge in [0, 0.05) is 18.7 Å². The van der Waals surface area contributed by atoms with Crippen molar-refractivity contribution in [2.24, 2.45) is 0 Å². The zero-order valence-electron chi connectivity index (χ0n) is 12.0. The number of hydrogen-bond acceptors (Lipinski definition) is 3. The fourth-order valence-electron chi connectivity index (χ4n) is 4.09. The van der Waals surface area contributed by atoms with E-state index in [4.69, 9.17) is 4.74 Å². The van der Waals surface area contributed by atoms with Gasteiger partial charge in [0.15, 0.2) is 5.60 Å². The average molecular weight is 263 g/mol. The number of rotatable bonds is 2. The minimum atomic E-state index is -0.264. The Morgan fingerprint density at radius 1 is 1.26 bits per heavy atom. The molecule has 0 radical (unpaired) electrons. The largest absolute Gasteiger partial charge is 0.449 e. The highest BCUT2D eigenvalue weighted by Gasteiger charge is 2.47. The van der Waals surface area contributed by atoms with Crippen LogP contribution in [0.1, 0.15) is 64.7 Å². The maximum atomic E-state index is 11.8. The summed E-state index contributed by atoms with van der Waals surface area (Å²) in [6.45, 7) is 3.36. The summed E-state index contributed by atoms with van der Waals surface area (Å²) in [5.74, 6) is -0.114. The summed E-state index contributed by atoms with van der Waals surface area (Å²) in [6.07, 6.45) is 12.5. The molecule has 3 nitrogen and oxygen atoms in total. The lowest BCUT2D eigenvalue weighted by atomic mass is 9.81. The molecule has 0 aromatic rings. The van der Waals surface area contributed by atoms with Crippen molar-refractivity contribution in [3.05, 3.63) is 11.8 Å². The fourth-order valence-corrected chi connectivity index (χ4v) is 4.09. The number of ether oxygens (including phenoxy) is 1. The van der Waals surface area contributed by atoms with Crippen molar-refractivity contribution in [1.29, 1.82) is 0 Å². The highest BCUT2D eigenvalue weighted by molar-refractivity contribution is 5.86. The highest BCUT2D eigenvalue weighted by atomic mass is 16.6. The van der Waals surface area contributed by atoms with Crippen LogP contribution in [0.2, 0.25) is 0 Å². The van der Waals surface area contributed by atoms with E-state index < -0.39 is 0 Å². The third kappa shape index (κ3) is 2.28. The number of hydrogen-bond donors (Lipinski definition) is 0. The second kappa shape index (κ2) is 5.18. The predicted octanol–water partition coefficient (Wildman–Crippen LogP) is 3.39. The van der Waals surface area contributed by atoms with Crippen LogP contribution in [0.4, 0.5) is 0 Å². The SMILES string of the molecule is CCC1CCCCN1C1=CC(=O)OC12CCCCC2. The third-order valence-corrected chi connectivity index (χ3v) is 5.09. The number of carbonyl (C=O) groups is 1. The van der Waals surface area contributed by atoms with Crippen LogP contribution >= 0.6 is 0 Å². The molecular weight excluding hydrogens is 238 g/mol. The van der Waals surface area contributed by atoms with Gasteiger partial charge in [-0.2, -0.15) is 0 Å². The molecule has 0 bridgehead atoms.